The summed E-state index contributed by atoms with van der Waals surface area (Å²) in [6.07, 6.45) is -5.12. The van der Waals surface area contributed by atoms with Crippen molar-refractivity contribution in [2.45, 2.75) is 31.2 Å². The maximum absolute atomic E-state index is 11.9. The summed E-state index contributed by atoms with van der Waals surface area (Å²) >= 11 is 0. The van der Waals surface area contributed by atoms with Crippen LogP contribution < -0.4 is 5.73 Å². The molecule has 0 amide bonds. The van der Waals surface area contributed by atoms with Crippen LogP contribution in [-0.4, -0.2) is 47.9 Å². The topological polar surface area (TPSA) is 61.8 Å². The Labute approximate surface area is 109 Å². The molecule has 96 valence electrons. The van der Waals surface area contributed by atoms with E-state index in [1.54, 1.807) is 11.9 Å². The predicted octanol–water partition coefficient (Wildman–Crippen LogP) is 0.937. The standard InChI is InChI=1S/C8H14F3N3O.HI/c1-14(5-2-3-5)7(12)13-4-6(15)8(9,10)11;/h5-6,15H,2-4H2,1H3,(H2,12,13);1H. The van der Waals surface area contributed by atoms with Crippen LogP contribution in [0.3, 0.4) is 0 Å². The Hall–Kier alpha value is -0.250. The maximum atomic E-state index is 11.9. The molecule has 0 aromatic heterocycles. The van der Waals surface area contributed by atoms with Gasteiger partial charge in [-0.25, -0.2) is 0 Å². The second-order valence-electron chi connectivity index (χ2n) is 3.60. The van der Waals surface area contributed by atoms with Gasteiger partial charge in [0.25, 0.3) is 0 Å². The van der Waals surface area contributed by atoms with E-state index in [1.165, 1.54) is 0 Å². The molecule has 3 N–H and O–H groups in total. The third-order valence-corrected chi connectivity index (χ3v) is 2.26. The van der Waals surface area contributed by atoms with E-state index in [2.05, 4.69) is 4.99 Å². The molecule has 0 bridgehead atoms. The molecular weight excluding hydrogens is 338 g/mol. The highest BCUT2D eigenvalue weighted by Gasteiger charge is 2.38. The number of rotatable bonds is 3. The number of guanidine groups is 1. The molecule has 1 rings (SSSR count). The average Bonchev–Trinajstić information content (AvgIpc) is 2.93. The summed E-state index contributed by atoms with van der Waals surface area (Å²) in [5.74, 6) is 0.0424. The van der Waals surface area contributed by atoms with Crippen LogP contribution in [0.25, 0.3) is 0 Å². The summed E-state index contributed by atoms with van der Waals surface area (Å²) < 4.78 is 35.7. The smallest absolute Gasteiger partial charge is 0.382 e. The molecule has 8 heteroatoms. The number of aliphatic hydroxyl groups is 1. The van der Waals surface area contributed by atoms with Crippen molar-refractivity contribution in [2.75, 3.05) is 13.6 Å². The van der Waals surface area contributed by atoms with Crippen LogP contribution >= 0.6 is 24.0 Å². The summed E-state index contributed by atoms with van der Waals surface area (Å²) in [6, 6.07) is 0.289. The largest absolute Gasteiger partial charge is 0.416 e. The van der Waals surface area contributed by atoms with Gasteiger partial charge >= 0.3 is 6.18 Å². The van der Waals surface area contributed by atoms with Crippen LogP contribution in [0.1, 0.15) is 12.8 Å². The monoisotopic (exact) mass is 353 g/mol. The molecule has 1 aliphatic carbocycles. The molecule has 1 saturated carbocycles. The number of aliphatic hydroxyl groups excluding tert-OH is 1. The number of hydrogen-bond donors (Lipinski definition) is 2. The predicted molar refractivity (Wildman–Crippen MR) is 64.8 cm³/mol. The fourth-order valence-electron chi connectivity index (χ4n) is 1.04. The van der Waals surface area contributed by atoms with Crippen molar-refractivity contribution in [1.29, 1.82) is 0 Å². The molecule has 0 saturated heterocycles. The van der Waals surface area contributed by atoms with Gasteiger partial charge in [-0.05, 0) is 12.8 Å². The maximum Gasteiger partial charge on any atom is 0.416 e. The lowest BCUT2D eigenvalue weighted by Crippen LogP contribution is -2.38. The summed E-state index contributed by atoms with van der Waals surface area (Å²) in [6.45, 7) is -0.744. The molecule has 1 unspecified atom stereocenters. The van der Waals surface area contributed by atoms with Gasteiger partial charge in [0.15, 0.2) is 12.1 Å². The summed E-state index contributed by atoms with van der Waals surface area (Å²) in [5, 5.41) is 8.66. The number of hydrogen-bond acceptors (Lipinski definition) is 2. The molecule has 1 atom stereocenters. The summed E-state index contributed by atoms with van der Waals surface area (Å²) in [4.78, 5) is 5.13. The number of halogens is 4. The zero-order chi connectivity index (χ0) is 11.6. The number of nitrogens with two attached hydrogens (primary N) is 1. The van der Waals surface area contributed by atoms with E-state index in [0.29, 0.717) is 0 Å². The van der Waals surface area contributed by atoms with Crippen LogP contribution in [0.4, 0.5) is 13.2 Å². The average molecular weight is 353 g/mol. The van der Waals surface area contributed by atoms with Crippen LogP contribution in [0.2, 0.25) is 0 Å². The molecule has 0 aliphatic heterocycles. The van der Waals surface area contributed by atoms with Gasteiger partial charge in [0.2, 0.25) is 0 Å². The second kappa shape index (κ2) is 5.89. The highest BCUT2D eigenvalue weighted by Crippen LogP contribution is 2.25. The first kappa shape index (κ1) is 15.8. The lowest BCUT2D eigenvalue weighted by atomic mass is 10.3. The minimum absolute atomic E-state index is 0. The minimum Gasteiger partial charge on any atom is -0.382 e. The SMILES string of the molecule is CN(C(N)=NCC(O)C(F)(F)F)C1CC1.I. The highest BCUT2D eigenvalue weighted by molar-refractivity contribution is 14.0. The van der Waals surface area contributed by atoms with E-state index in [0.717, 1.165) is 12.8 Å². The van der Waals surface area contributed by atoms with Gasteiger partial charge in [0.05, 0.1) is 6.54 Å². The summed E-state index contributed by atoms with van der Waals surface area (Å²) in [5.41, 5.74) is 5.45. The van der Waals surface area contributed by atoms with E-state index < -0.39 is 18.8 Å². The molecule has 0 aromatic rings. The minimum atomic E-state index is -4.64. The molecule has 0 radical (unpaired) electrons. The molecule has 0 spiro atoms. The zero-order valence-corrected chi connectivity index (χ0v) is 11.1. The molecule has 0 heterocycles. The van der Waals surface area contributed by atoms with Gasteiger partial charge in [-0.3, -0.25) is 4.99 Å². The first-order chi connectivity index (χ1) is 6.82. The van der Waals surface area contributed by atoms with Crippen molar-refractivity contribution in [3.63, 3.8) is 0 Å². The number of alkyl halides is 3. The van der Waals surface area contributed by atoms with E-state index in [4.69, 9.17) is 10.8 Å². The van der Waals surface area contributed by atoms with E-state index in [1.807, 2.05) is 0 Å². The first-order valence-corrected chi connectivity index (χ1v) is 4.60. The van der Waals surface area contributed by atoms with Crippen molar-refractivity contribution >= 4 is 29.9 Å². The van der Waals surface area contributed by atoms with Crippen molar-refractivity contribution in [2.24, 2.45) is 10.7 Å². The Morgan fingerprint density at radius 2 is 2.06 bits per heavy atom. The Morgan fingerprint density at radius 1 is 1.56 bits per heavy atom. The van der Waals surface area contributed by atoms with Crippen molar-refractivity contribution in [3.8, 4) is 0 Å². The van der Waals surface area contributed by atoms with Gasteiger partial charge in [0, 0.05) is 13.1 Å². The highest BCUT2D eigenvalue weighted by atomic mass is 127. The van der Waals surface area contributed by atoms with Gasteiger partial charge in [0.1, 0.15) is 0 Å². The molecule has 1 aliphatic rings. The fraction of sp³-hybridized carbons (Fsp3) is 0.875. The number of aliphatic imine (C=N–C) groups is 1. The van der Waals surface area contributed by atoms with Crippen molar-refractivity contribution < 1.29 is 18.3 Å². The molecule has 0 aromatic carbocycles. The number of nitrogens with zero attached hydrogens (tertiary/aromatic N) is 2. The molecular formula is C8H15F3IN3O. The van der Waals surface area contributed by atoms with Crippen molar-refractivity contribution in [3.05, 3.63) is 0 Å². The quantitative estimate of drug-likeness (QED) is 0.451. The summed E-state index contributed by atoms with van der Waals surface area (Å²) in [7, 11) is 1.68. The molecule has 4 nitrogen and oxygen atoms in total. The molecule has 1 fully saturated rings. The normalized spacial score (nSPS) is 18.9. The van der Waals surface area contributed by atoms with Crippen LogP contribution in [0.5, 0.6) is 0 Å². The van der Waals surface area contributed by atoms with E-state index in [9.17, 15) is 13.2 Å². The third-order valence-electron chi connectivity index (χ3n) is 2.26. The Kier molecular flexibility index (Phi) is 5.80. The van der Waals surface area contributed by atoms with Crippen LogP contribution in [-0.2, 0) is 0 Å². The zero-order valence-electron chi connectivity index (χ0n) is 8.74. The van der Waals surface area contributed by atoms with E-state index in [-0.39, 0.29) is 36.0 Å². The second-order valence-corrected chi connectivity index (χ2v) is 3.60. The first-order valence-electron chi connectivity index (χ1n) is 4.60. The Morgan fingerprint density at radius 3 is 2.44 bits per heavy atom. The Balaban J connectivity index is 0.00000225. The van der Waals surface area contributed by atoms with Gasteiger partial charge in [-0.2, -0.15) is 13.2 Å². The van der Waals surface area contributed by atoms with Crippen LogP contribution in [0.15, 0.2) is 4.99 Å². The molecule has 16 heavy (non-hydrogen) atoms. The third kappa shape index (κ3) is 4.73. The van der Waals surface area contributed by atoms with Gasteiger partial charge < -0.3 is 15.7 Å². The Bertz CT molecular complexity index is 255. The van der Waals surface area contributed by atoms with Crippen LogP contribution in [0, 0.1) is 0 Å². The van der Waals surface area contributed by atoms with Gasteiger partial charge in [-0.15, -0.1) is 24.0 Å². The van der Waals surface area contributed by atoms with Crippen molar-refractivity contribution in [1.82, 2.24) is 4.90 Å². The fourth-order valence-corrected chi connectivity index (χ4v) is 1.04. The lowest BCUT2D eigenvalue weighted by Gasteiger charge is -2.18. The van der Waals surface area contributed by atoms with Gasteiger partial charge in [-0.1, -0.05) is 0 Å². The lowest BCUT2D eigenvalue weighted by molar-refractivity contribution is -0.199. The van der Waals surface area contributed by atoms with E-state index >= 15 is 0 Å².